The molecule has 0 saturated carbocycles. The minimum atomic E-state index is -3.20. The molecule has 0 fully saturated rings. The Bertz CT molecular complexity index is 863. The van der Waals surface area contributed by atoms with Gasteiger partial charge in [-0.1, -0.05) is 48.5 Å². The van der Waals surface area contributed by atoms with E-state index in [2.05, 4.69) is 17.7 Å². The van der Waals surface area contributed by atoms with E-state index in [-0.39, 0.29) is 4.75 Å². The molecule has 2 aromatic carbocycles. The molecule has 0 aromatic heterocycles. The van der Waals surface area contributed by atoms with Crippen LogP contribution in [0.2, 0.25) is 0 Å². The Hall–Kier alpha value is -0.920. The third kappa shape index (κ3) is 10.0. The summed E-state index contributed by atoms with van der Waals surface area (Å²) in [7, 11) is -4.76. The molecule has 9 heteroatoms. The third-order valence-electron chi connectivity index (χ3n) is 3.18. The van der Waals surface area contributed by atoms with E-state index in [0.717, 1.165) is 16.4 Å². The van der Waals surface area contributed by atoms with Crippen LogP contribution in [0.5, 0.6) is 0 Å². The molecule has 0 aliphatic rings. The van der Waals surface area contributed by atoms with E-state index in [4.69, 9.17) is 1.28 Å². The van der Waals surface area contributed by atoms with E-state index in [1.807, 2.05) is 51.1 Å². The molecule has 0 aliphatic heterocycles. The van der Waals surface area contributed by atoms with Crippen molar-refractivity contribution in [1.82, 2.24) is 5.09 Å². The number of rotatable bonds is 7. The fourth-order valence-electron chi connectivity index (χ4n) is 2.06. The number of nitrogens with one attached hydrogen (secondary N) is 1. The lowest BCUT2D eigenvalue weighted by atomic mass is 10.1. The van der Waals surface area contributed by atoms with Gasteiger partial charge in [0.1, 0.15) is 10.3 Å². The molecule has 0 spiro atoms. The van der Waals surface area contributed by atoms with E-state index in [1.54, 1.807) is 30.3 Å². The molecule has 4 nitrogen and oxygen atoms in total. The molecule has 2 unspecified atom stereocenters. The van der Waals surface area contributed by atoms with Gasteiger partial charge < -0.3 is 0 Å². The van der Waals surface area contributed by atoms with E-state index in [0.29, 0.717) is 11.3 Å². The van der Waals surface area contributed by atoms with Crippen LogP contribution in [0.25, 0.3) is 0 Å². The highest BCUT2D eigenvalue weighted by atomic mass is 33.1. The first-order chi connectivity index (χ1) is 13.4. The van der Waals surface area contributed by atoms with Gasteiger partial charge in [-0.05, 0) is 55.7 Å². The zero-order valence-corrected chi connectivity index (χ0v) is 19.3. The van der Waals surface area contributed by atoms with Crippen LogP contribution in [0.1, 0.15) is 26.3 Å². The standard InChI is InChI=1S/C10H14O2S2.C9H11FNOPS/c1-10(2,3)13-14(11,12)9-7-5-4-6-8-9;10-13-11-8(9(12)14)6-7-4-2-1-3-5-7/h4-8H,1-3H3;1-5,8,11,13H,6H2,(H,12,14)/i;13T. The summed E-state index contributed by atoms with van der Waals surface area (Å²) in [5.41, 5.74) is 0.911. The van der Waals surface area contributed by atoms with Crippen molar-refractivity contribution < 1.29 is 17.4 Å². The first-order valence-electron chi connectivity index (χ1n) is 8.84. The van der Waals surface area contributed by atoms with Gasteiger partial charge >= 0.3 is 0 Å². The summed E-state index contributed by atoms with van der Waals surface area (Å²) in [6.07, 6.45) is 0.352. The zero-order chi connectivity index (χ0) is 22.1. The van der Waals surface area contributed by atoms with Crippen LogP contribution in [0.15, 0.2) is 65.6 Å². The maximum absolute atomic E-state index is 12.4. The highest BCUT2D eigenvalue weighted by molar-refractivity contribution is 8.72. The molecule has 2 atom stereocenters. The first-order valence-corrected chi connectivity index (χ1v) is 12.4. The lowest BCUT2D eigenvalue weighted by molar-refractivity contribution is -0.112. The van der Waals surface area contributed by atoms with Crippen molar-refractivity contribution in [2.75, 3.05) is 0 Å². The number of carbonyl (C=O) groups excluding carboxylic acids is 1. The van der Waals surface area contributed by atoms with Gasteiger partial charge in [-0.2, -0.15) is 0 Å². The zero-order valence-electron chi connectivity index (χ0n) is 16.9. The van der Waals surface area contributed by atoms with Crippen molar-refractivity contribution >= 4 is 46.4 Å². The second-order valence-corrected chi connectivity index (χ2v) is 12.2. The van der Waals surface area contributed by atoms with Crippen molar-refractivity contribution in [1.29, 1.82) is 1.28 Å². The van der Waals surface area contributed by atoms with Crippen LogP contribution in [-0.2, 0) is 20.1 Å². The van der Waals surface area contributed by atoms with E-state index >= 15 is 0 Å². The Morgan fingerprint density at radius 1 is 1.18 bits per heavy atom. The molecule has 28 heavy (non-hydrogen) atoms. The Morgan fingerprint density at radius 3 is 2.11 bits per heavy atom. The molecule has 154 valence electrons. The summed E-state index contributed by atoms with van der Waals surface area (Å²) >= 11 is 3.66. The summed E-state index contributed by atoms with van der Waals surface area (Å²) in [5, 5.41) is 1.82. The molecule has 0 heterocycles. The van der Waals surface area contributed by atoms with Crippen molar-refractivity contribution in [3.63, 3.8) is 0 Å². The predicted molar refractivity (Wildman–Crippen MR) is 121 cm³/mol. The van der Waals surface area contributed by atoms with Crippen LogP contribution >= 0.6 is 32.4 Å². The molecule has 0 bridgehead atoms. The molecule has 0 amide bonds. The van der Waals surface area contributed by atoms with Crippen molar-refractivity contribution in [3.05, 3.63) is 66.2 Å². The number of hydrogen-bond donors (Lipinski definition) is 2. The summed E-state index contributed by atoms with van der Waals surface area (Å²) in [6.45, 7) is 5.66. The van der Waals surface area contributed by atoms with Gasteiger partial charge in [0.2, 0.25) is 14.0 Å². The number of carbonyl (C=O) groups is 1. The van der Waals surface area contributed by atoms with Gasteiger partial charge in [0.15, 0.2) is 0 Å². The Balaban J connectivity index is 0.000000291. The number of thiol groups is 1. The Kier molecular flexibility index (Phi) is 9.95. The molecule has 0 saturated heterocycles. The summed E-state index contributed by atoms with van der Waals surface area (Å²) in [6, 6.07) is 17.0. The molecule has 0 aliphatic carbocycles. The number of benzene rings is 2. The monoisotopic (exact) mass is 463 g/mol. The van der Waals surface area contributed by atoms with E-state index in [1.165, 1.54) is 0 Å². The SMILES string of the molecule is CC(C)(C)SS(=O)(=O)c1ccccc1.[3H]P(F)NC(Cc1ccccc1)C(=O)S. The normalized spacial score (nSPS) is 14.2. The minimum absolute atomic E-state index is 0.283. The van der Waals surface area contributed by atoms with Crippen molar-refractivity contribution in [3.8, 4) is 0 Å². The van der Waals surface area contributed by atoms with Gasteiger partial charge in [-0.15, -0.1) is 12.6 Å². The largest absolute Gasteiger partial charge is 0.286 e. The van der Waals surface area contributed by atoms with Gasteiger partial charge in [0.25, 0.3) is 0 Å². The van der Waals surface area contributed by atoms with Crippen LogP contribution in [0, 0.1) is 0 Å². The Morgan fingerprint density at radius 2 is 1.68 bits per heavy atom. The van der Waals surface area contributed by atoms with E-state index in [9.17, 15) is 17.4 Å². The highest BCUT2D eigenvalue weighted by Crippen LogP contribution is 2.33. The maximum Gasteiger partial charge on any atom is 0.230 e. The van der Waals surface area contributed by atoms with Crippen molar-refractivity contribution in [2.24, 2.45) is 0 Å². The maximum atomic E-state index is 12.4. The quantitative estimate of drug-likeness (QED) is 0.343. The van der Waals surface area contributed by atoms with Gasteiger partial charge in [0.05, 0.1) is 10.9 Å². The van der Waals surface area contributed by atoms with Gasteiger partial charge in [0, 0.05) is 4.75 Å². The van der Waals surface area contributed by atoms with Crippen molar-refractivity contribution in [2.45, 2.75) is 42.9 Å². The average Bonchev–Trinajstić information content (AvgIpc) is 2.61. The topological polar surface area (TPSA) is 63.2 Å². The van der Waals surface area contributed by atoms with Gasteiger partial charge in [-0.25, -0.2) is 12.6 Å². The predicted octanol–water partition coefficient (Wildman–Crippen LogP) is 5.03. The molecule has 0 radical (unpaired) electrons. The molecule has 2 rings (SSSR count). The number of halogens is 1. The van der Waals surface area contributed by atoms with E-state index < -0.39 is 29.0 Å². The third-order valence-corrected chi connectivity index (χ3v) is 8.20. The molecular weight excluding hydrogens is 436 g/mol. The Labute approximate surface area is 179 Å². The fourth-order valence-corrected chi connectivity index (χ4v) is 6.49. The van der Waals surface area contributed by atoms with Gasteiger partial charge in [-0.3, -0.25) is 9.88 Å². The van der Waals surface area contributed by atoms with Crippen LogP contribution in [0.4, 0.5) is 4.20 Å². The molecule has 2 aromatic rings. The number of hydrogen-bond acceptors (Lipinski definition) is 5. The first kappa shape index (κ1) is 23.4. The summed E-state index contributed by atoms with van der Waals surface area (Å²) < 4.78 is 42.6. The average molecular weight is 464 g/mol. The van der Waals surface area contributed by atoms with Crippen LogP contribution in [0.3, 0.4) is 0 Å². The second kappa shape index (κ2) is 11.9. The lowest BCUT2D eigenvalue weighted by Gasteiger charge is -2.16. The summed E-state index contributed by atoms with van der Waals surface area (Å²) in [5.74, 6) is 0. The highest BCUT2D eigenvalue weighted by Gasteiger charge is 2.23. The van der Waals surface area contributed by atoms with Crippen LogP contribution in [-0.4, -0.2) is 25.6 Å². The lowest BCUT2D eigenvalue weighted by Crippen LogP contribution is -2.30. The molecular formula is C19H25FNO3PS3. The summed E-state index contributed by atoms with van der Waals surface area (Å²) in [4.78, 5) is 11.4. The second-order valence-electron chi connectivity index (χ2n) is 6.76. The minimum Gasteiger partial charge on any atom is -0.286 e. The smallest absolute Gasteiger partial charge is 0.230 e. The van der Waals surface area contributed by atoms with Crippen LogP contribution < -0.4 is 5.09 Å². The molecule has 1 N–H and O–H groups in total. The fraction of sp³-hybridized carbons (Fsp3) is 0.316.